The van der Waals surface area contributed by atoms with E-state index in [0.717, 1.165) is 36.8 Å². The van der Waals surface area contributed by atoms with Gasteiger partial charge in [0.1, 0.15) is 6.10 Å². The Kier molecular flexibility index (Phi) is 5.37. The van der Waals surface area contributed by atoms with Gasteiger partial charge in [-0.1, -0.05) is 26.0 Å². The predicted octanol–water partition coefficient (Wildman–Crippen LogP) is 4.36. The third-order valence-electron chi connectivity index (χ3n) is 5.28. The fourth-order valence-corrected chi connectivity index (χ4v) is 3.63. The monoisotopic (exact) mass is 381 g/mol. The maximum Gasteiger partial charge on any atom is 0.297 e. The summed E-state index contributed by atoms with van der Waals surface area (Å²) in [5.41, 5.74) is 2.08. The van der Waals surface area contributed by atoms with Crippen molar-refractivity contribution in [2.45, 2.75) is 45.8 Å². The minimum atomic E-state index is -0.0485. The lowest BCUT2D eigenvalue weighted by atomic mass is 10.1. The molecule has 1 aromatic carbocycles. The van der Waals surface area contributed by atoms with Crippen LogP contribution in [0, 0.1) is 5.92 Å². The molecule has 0 radical (unpaired) electrons. The van der Waals surface area contributed by atoms with Gasteiger partial charge in [-0.15, -0.1) is 0 Å². The van der Waals surface area contributed by atoms with Gasteiger partial charge in [0.05, 0.1) is 17.3 Å². The molecular formula is C22H27N3O3. The molecule has 0 N–H and O–H groups in total. The van der Waals surface area contributed by atoms with Crippen LogP contribution in [0.25, 0.3) is 11.0 Å². The quantitative estimate of drug-likeness (QED) is 0.636. The zero-order chi connectivity index (χ0) is 19.5. The second-order valence-corrected chi connectivity index (χ2v) is 7.80. The number of amides is 1. The molecule has 0 saturated carbocycles. The molecule has 3 aromatic rings. The fourth-order valence-electron chi connectivity index (χ4n) is 3.63. The average molecular weight is 381 g/mol. The highest BCUT2D eigenvalue weighted by Crippen LogP contribution is 2.26. The van der Waals surface area contributed by atoms with Gasteiger partial charge in [-0.25, -0.2) is 0 Å². The van der Waals surface area contributed by atoms with E-state index >= 15 is 0 Å². The van der Waals surface area contributed by atoms with Crippen molar-refractivity contribution in [1.29, 1.82) is 0 Å². The standard InChI is InChI=1S/C22H27N3O3/c1-16(2)9-14-25-19-7-4-3-6-18(19)23-22(25)28-17-10-12-24(13-11-17)21(26)20-8-5-15-27-20/h3-8,15-17H,9-14H2,1-2H3. The number of rotatable bonds is 6. The summed E-state index contributed by atoms with van der Waals surface area (Å²) in [4.78, 5) is 19.0. The molecular weight excluding hydrogens is 354 g/mol. The number of hydrogen-bond acceptors (Lipinski definition) is 4. The Bertz CT molecular complexity index is 922. The Hall–Kier alpha value is -2.76. The molecule has 3 heterocycles. The van der Waals surface area contributed by atoms with Gasteiger partial charge >= 0.3 is 0 Å². The van der Waals surface area contributed by atoms with Crippen LogP contribution >= 0.6 is 0 Å². The third-order valence-corrected chi connectivity index (χ3v) is 5.28. The first-order chi connectivity index (χ1) is 13.6. The molecule has 1 fully saturated rings. The number of imidazole rings is 1. The van der Waals surface area contributed by atoms with E-state index in [2.05, 4.69) is 24.5 Å². The summed E-state index contributed by atoms with van der Waals surface area (Å²) in [7, 11) is 0. The molecule has 0 unspecified atom stereocenters. The number of piperidine rings is 1. The first-order valence-corrected chi connectivity index (χ1v) is 10.1. The molecule has 0 bridgehead atoms. The van der Waals surface area contributed by atoms with Crippen molar-refractivity contribution in [2.75, 3.05) is 13.1 Å². The van der Waals surface area contributed by atoms with Gasteiger partial charge in [-0.2, -0.15) is 4.98 Å². The van der Waals surface area contributed by atoms with Gasteiger partial charge < -0.3 is 14.1 Å². The van der Waals surface area contributed by atoms with Crippen LogP contribution in [0.5, 0.6) is 6.01 Å². The van der Waals surface area contributed by atoms with Crippen molar-refractivity contribution in [3.8, 4) is 6.01 Å². The van der Waals surface area contributed by atoms with Crippen molar-refractivity contribution >= 4 is 16.9 Å². The topological polar surface area (TPSA) is 60.5 Å². The Morgan fingerprint density at radius 3 is 2.71 bits per heavy atom. The van der Waals surface area contributed by atoms with Crippen molar-refractivity contribution in [3.05, 3.63) is 48.4 Å². The second-order valence-electron chi connectivity index (χ2n) is 7.80. The molecule has 6 nitrogen and oxygen atoms in total. The van der Waals surface area contributed by atoms with E-state index < -0.39 is 0 Å². The number of carbonyl (C=O) groups excluding carboxylic acids is 1. The summed E-state index contributed by atoms with van der Waals surface area (Å²) in [6, 6.07) is 12.3. The lowest BCUT2D eigenvalue weighted by Crippen LogP contribution is -2.41. The smallest absolute Gasteiger partial charge is 0.297 e. The predicted molar refractivity (Wildman–Crippen MR) is 107 cm³/mol. The Morgan fingerprint density at radius 2 is 2.00 bits per heavy atom. The van der Waals surface area contributed by atoms with E-state index in [4.69, 9.17) is 14.1 Å². The SMILES string of the molecule is CC(C)CCn1c(OC2CCN(C(=O)c3ccco3)CC2)nc2ccccc21. The number of carbonyl (C=O) groups is 1. The van der Waals surface area contributed by atoms with Crippen LogP contribution in [0.3, 0.4) is 0 Å². The van der Waals surface area contributed by atoms with Gasteiger partial charge in [-0.3, -0.25) is 9.36 Å². The van der Waals surface area contributed by atoms with E-state index in [1.165, 1.54) is 6.26 Å². The number of furan rings is 1. The fraction of sp³-hybridized carbons (Fsp3) is 0.455. The number of para-hydroxylation sites is 2. The Morgan fingerprint density at radius 1 is 1.21 bits per heavy atom. The third kappa shape index (κ3) is 3.91. The molecule has 0 spiro atoms. The Balaban J connectivity index is 1.44. The van der Waals surface area contributed by atoms with Crippen LogP contribution in [0.15, 0.2) is 47.1 Å². The van der Waals surface area contributed by atoms with Crippen LogP contribution in [0.4, 0.5) is 0 Å². The normalized spacial score (nSPS) is 15.5. The number of nitrogens with zero attached hydrogens (tertiary/aromatic N) is 3. The van der Waals surface area contributed by atoms with Crippen LogP contribution in [0.1, 0.15) is 43.7 Å². The lowest BCUT2D eigenvalue weighted by Gasteiger charge is -2.31. The number of likely N-dealkylation sites (tertiary alicyclic amines) is 1. The van der Waals surface area contributed by atoms with E-state index in [9.17, 15) is 4.79 Å². The minimum Gasteiger partial charge on any atom is -0.461 e. The molecule has 1 aliphatic heterocycles. The molecule has 1 aliphatic rings. The maximum atomic E-state index is 12.4. The van der Waals surface area contributed by atoms with Crippen molar-refractivity contribution in [3.63, 3.8) is 0 Å². The number of aryl methyl sites for hydroxylation is 1. The number of ether oxygens (including phenoxy) is 1. The minimum absolute atomic E-state index is 0.0485. The van der Waals surface area contributed by atoms with Gasteiger partial charge in [0, 0.05) is 32.5 Å². The summed E-state index contributed by atoms with van der Waals surface area (Å²) in [5.74, 6) is 0.965. The van der Waals surface area contributed by atoms with E-state index in [1.807, 2.05) is 23.1 Å². The number of hydrogen-bond donors (Lipinski definition) is 0. The number of fused-ring (bicyclic) bond motifs is 1. The molecule has 1 saturated heterocycles. The van der Waals surface area contributed by atoms with Crippen molar-refractivity contribution in [1.82, 2.24) is 14.5 Å². The van der Waals surface area contributed by atoms with Gasteiger partial charge in [0.25, 0.3) is 11.9 Å². The van der Waals surface area contributed by atoms with Gasteiger partial charge in [0.2, 0.25) is 0 Å². The average Bonchev–Trinajstić information content (AvgIpc) is 3.34. The molecule has 4 rings (SSSR count). The van der Waals surface area contributed by atoms with E-state index in [1.54, 1.807) is 12.1 Å². The molecule has 2 aromatic heterocycles. The number of aromatic nitrogens is 2. The molecule has 6 heteroatoms. The zero-order valence-corrected chi connectivity index (χ0v) is 16.5. The summed E-state index contributed by atoms with van der Waals surface area (Å²) in [6.45, 7) is 6.67. The second kappa shape index (κ2) is 8.09. The first-order valence-electron chi connectivity index (χ1n) is 10.1. The van der Waals surface area contributed by atoms with Gasteiger partial charge in [0.15, 0.2) is 5.76 Å². The van der Waals surface area contributed by atoms with E-state index in [-0.39, 0.29) is 12.0 Å². The highest BCUT2D eigenvalue weighted by Gasteiger charge is 2.27. The van der Waals surface area contributed by atoms with Gasteiger partial charge in [-0.05, 0) is 36.6 Å². The van der Waals surface area contributed by atoms with Crippen molar-refractivity contribution < 1.29 is 13.9 Å². The first kappa shape index (κ1) is 18.6. The molecule has 148 valence electrons. The van der Waals surface area contributed by atoms with E-state index in [0.29, 0.717) is 30.8 Å². The molecule has 1 amide bonds. The van der Waals surface area contributed by atoms with Crippen molar-refractivity contribution in [2.24, 2.45) is 5.92 Å². The van der Waals surface area contributed by atoms with Crippen LogP contribution in [0.2, 0.25) is 0 Å². The lowest BCUT2D eigenvalue weighted by molar-refractivity contribution is 0.0544. The maximum absolute atomic E-state index is 12.4. The summed E-state index contributed by atoms with van der Waals surface area (Å²) in [5, 5.41) is 0. The summed E-state index contributed by atoms with van der Waals surface area (Å²) >= 11 is 0. The van der Waals surface area contributed by atoms with Crippen LogP contribution < -0.4 is 4.74 Å². The highest BCUT2D eigenvalue weighted by atomic mass is 16.5. The summed E-state index contributed by atoms with van der Waals surface area (Å²) in [6.07, 6.45) is 4.26. The largest absolute Gasteiger partial charge is 0.461 e. The van der Waals surface area contributed by atoms with Crippen LogP contribution in [-0.2, 0) is 6.54 Å². The zero-order valence-electron chi connectivity index (χ0n) is 16.5. The number of benzene rings is 1. The molecule has 28 heavy (non-hydrogen) atoms. The molecule has 0 aliphatic carbocycles. The molecule has 0 atom stereocenters. The van der Waals surface area contributed by atoms with Crippen LogP contribution in [-0.4, -0.2) is 39.6 Å². The summed E-state index contributed by atoms with van der Waals surface area (Å²) < 4.78 is 13.7. The Labute approximate surface area is 165 Å². The highest BCUT2D eigenvalue weighted by molar-refractivity contribution is 5.91.